The molecule has 0 bridgehead atoms. The summed E-state index contributed by atoms with van der Waals surface area (Å²) in [6, 6.07) is 90.5. The van der Waals surface area contributed by atoms with E-state index in [-0.39, 0.29) is 0 Å². The Morgan fingerprint density at radius 2 is 0.651 bits per heavy atom. The lowest BCUT2D eigenvalue weighted by atomic mass is 10.1. The fourth-order valence-corrected chi connectivity index (χ4v) is 16.0. The first-order valence-corrected chi connectivity index (χ1v) is 23.8. The maximum atomic E-state index is 2.48. The third-order valence-corrected chi connectivity index (χ3v) is 18.5. The summed E-state index contributed by atoms with van der Waals surface area (Å²) in [6.07, 6.45) is 0. The van der Waals surface area contributed by atoms with E-state index in [2.05, 4.69) is 252 Å². The molecule has 0 N–H and O–H groups in total. The third kappa shape index (κ3) is 5.30. The SMILES string of the molecule is c1ccc(-c2ccc([Si]3(c4ccc(-c5ccccc5)cc4)c4ccccc4-c4cc(-n5c6ccccc6c6cc(-n7c8ccccc8c8ccccc87)ccc65)ccc43)cc2)cc1. The van der Waals surface area contributed by atoms with Crippen LogP contribution in [0.2, 0.25) is 0 Å². The Kier molecular flexibility index (Phi) is 7.96. The number of rotatable bonds is 6. The van der Waals surface area contributed by atoms with Gasteiger partial charge in [0.05, 0.1) is 22.1 Å². The molecule has 1 aliphatic rings. The predicted octanol–water partition coefficient (Wildman–Crippen LogP) is 12.6. The van der Waals surface area contributed by atoms with Crippen LogP contribution in [0.25, 0.3) is 88.4 Å². The van der Waals surface area contributed by atoms with Crippen molar-refractivity contribution in [2.24, 2.45) is 0 Å². The van der Waals surface area contributed by atoms with Crippen molar-refractivity contribution in [3.63, 3.8) is 0 Å². The van der Waals surface area contributed by atoms with E-state index in [0.717, 1.165) is 5.69 Å². The van der Waals surface area contributed by atoms with Gasteiger partial charge in [-0.1, -0.05) is 194 Å². The summed E-state index contributed by atoms with van der Waals surface area (Å²) < 4.78 is 4.90. The Bertz CT molecular complexity index is 3570. The molecule has 3 heterocycles. The first-order valence-electron chi connectivity index (χ1n) is 21.8. The van der Waals surface area contributed by atoms with E-state index in [1.54, 1.807) is 0 Å². The van der Waals surface area contributed by atoms with E-state index < -0.39 is 8.07 Å². The highest BCUT2D eigenvalue weighted by Gasteiger charge is 2.48. The van der Waals surface area contributed by atoms with Crippen LogP contribution in [-0.4, -0.2) is 17.2 Å². The highest BCUT2D eigenvalue weighted by Crippen LogP contribution is 2.38. The minimum atomic E-state index is -2.78. The van der Waals surface area contributed by atoms with Gasteiger partial charge in [-0.15, -0.1) is 0 Å². The maximum Gasteiger partial charge on any atom is 0.180 e. The fraction of sp³-hybridized carbons (Fsp3) is 0. The summed E-state index contributed by atoms with van der Waals surface area (Å²) in [4.78, 5) is 0. The Morgan fingerprint density at radius 1 is 0.254 bits per heavy atom. The molecule has 0 aliphatic carbocycles. The molecular weight excluding hydrogens is 777 g/mol. The Morgan fingerprint density at radius 3 is 1.21 bits per heavy atom. The minimum Gasteiger partial charge on any atom is -0.309 e. The van der Waals surface area contributed by atoms with Gasteiger partial charge < -0.3 is 9.13 Å². The summed E-state index contributed by atoms with van der Waals surface area (Å²) in [5.41, 5.74) is 14.8. The van der Waals surface area contributed by atoms with Crippen molar-refractivity contribution in [1.82, 2.24) is 9.13 Å². The molecule has 13 rings (SSSR count). The van der Waals surface area contributed by atoms with Crippen molar-refractivity contribution in [2.75, 3.05) is 0 Å². The van der Waals surface area contributed by atoms with Crippen LogP contribution in [0.3, 0.4) is 0 Å². The lowest BCUT2D eigenvalue weighted by molar-refractivity contribution is 1.17. The minimum absolute atomic E-state index is 1.16. The van der Waals surface area contributed by atoms with E-state index >= 15 is 0 Å². The topological polar surface area (TPSA) is 9.86 Å². The molecule has 1 aliphatic heterocycles. The van der Waals surface area contributed by atoms with Crippen LogP contribution in [0.4, 0.5) is 0 Å². The Labute approximate surface area is 367 Å². The number of hydrogen-bond acceptors (Lipinski definition) is 0. The summed E-state index contributed by atoms with van der Waals surface area (Å²) in [7, 11) is -2.78. The van der Waals surface area contributed by atoms with Gasteiger partial charge in [0.2, 0.25) is 0 Å². The standard InChI is InChI=1S/C60H40N2Si/c1-3-15-41(16-4-1)43-27-33-47(34-28-43)63(48-35-29-44(30-36-48)42-17-5-2-6-18-42)59-26-14-10-22-52(59)54-40-46(32-38-60(54)63)62-57-25-13-9-21-51(57)53-39-45(31-37-58(53)62)61-55-23-11-7-19-49(55)50-20-8-12-24-56(50)61/h1-40H. The van der Waals surface area contributed by atoms with E-state index in [1.807, 2.05) is 0 Å². The average Bonchev–Trinajstić information content (AvgIpc) is 3.98. The van der Waals surface area contributed by atoms with Crippen LogP contribution in [0, 0.1) is 0 Å². The Hall–Kier alpha value is -7.98. The van der Waals surface area contributed by atoms with Crippen molar-refractivity contribution >= 4 is 72.4 Å². The predicted molar refractivity (Wildman–Crippen MR) is 269 cm³/mol. The van der Waals surface area contributed by atoms with Gasteiger partial charge in [0, 0.05) is 32.9 Å². The van der Waals surface area contributed by atoms with Crippen molar-refractivity contribution in [2.45, 2.75) is 0 Å². The molecule has 2 nitrogen and oxygen atoms in total. The first kappa shape index (κ1) is 35.7. The average molecular weight is 817 g/mol. The molecule has 0 atom stereocenters. The van der Waals surface area contributed by atoms with Gasteiger partial charge >= 0.3 is 0 Å². The van der Waals surface area contributed by atoms with Gasteiger partial charge in [-0.2, -0.15) is 0 Å². The normalized spacial score (nSPS) is 12.9. The smallest absolute Gasteiger partial charge is 0.180 e. The zero-order valence-corrected chi connectivity index (χ0v) is 35.5. The van der Waals surface area contributed by atoms with Crippen LogP contribution in [0.5, 0.6) is 0 Å². The number of para-hydroxylation sites is 3. The molecule has 294 valence electrons. The van der Waals surface area contributed by atoms with Gasteiger partial charge in [-0.3, -0.25) is 0 Å². The van der Waals surface area contributed by atoms with Crippen molar-refractivity contribution in [3.8, 4) is 44.8 Å². The molecule has 0 radical (unpaired) electrons. The number of aromatic nitrogens is 2. The van der Waals surface area contributed by atoms with Crippen molar-refractivity contribution in [3.05, 3.63) is 243 Å². The van der Waals surface area contributed by atoms with Crippen molar-refractivity contribution < 1.29 is 0 Å². The number of hydrogen-bond donors (Lipinski definition) is 0. The molecule has 2 aromatic heterocycles. The number of fused-ring (bicyclic) bond motifs is 9. The molecule has 0 fully saturated rings. The quantitative estimate of drug-likeness (QED) is 0.148. The number of benzene rings is 10. The largest absolute Gasteiger partial charge is 0.309 e. The van der Waals surface area contributed by atoms with Gasteiger partial charge in [0.25, 0.3) is 0 Å². The molecule has 0 saturated carbocycles. The first-order chi connectivity index (χ1) is 31.3. The third-order valence-electron chi connectivity index (χ3n) is 13.6. The van der Waals surface area contributed by atoms with E-state index in [1.165, 1.54) is 103 Å². The van der Waals surface area contributed by atoms with Crippen LogP contribution in [-0.2, 0) is 0 Å². The van der Waals surface area contributed by atoms with Crippen LogP contribution < -0.4 is 20.7 Å². The van der Waals surface area contributed by atoms with Gasteiger partial charge in [-0.25, -0.2) is 0 Å². The molecule has 12 aromatic rings. The molecule has 0 spiro atoms. The second-order valence-electron chi connectivity index (χ2n) is 16.8. The highest BCUT2D eigenvalue weighted by molar-refractivity contribution is 7.22. The van der Waals surface area contributed by atoms with Gasteiger partial charge in [0.1, 0.15) is 0 Å². The number of nitrogens with zero attached hydrogens (tertiary/aromatic N) is 2. The summed E-state index contributed by atoms with van der Waals surface area (Å²) in [5, 5.41) is 10.7. The van der Waals surface area contributed by atoms with Crippen molar-refractivity contribution in [1.29, 1.82) is 0 Å². The van der Waals surface area contributed by atoms with Gasteiger partial charge in [-0.05, 0) is 103 Å². The molecular formula is C60H40N2Si. The molecule has 0 saturated heterocycles. The van der Waals surface area contributed by atoms with E-state index in [9.17, 15) is 0 Å². The lowest BCUT2D eigenvalue weighted by Crippen LogP contribution is -2.72. The molecule has 10 aromatic carbocycles. The maximum absolute atomic E-state index is 2.78. The van der Waals surface area contributed by atoms with E-state index in [0.29, 0.717) is 0 Å². The highest BCUT2D eigenvalue weighted by atomic mass is 28.3. The molecule has 3 heteroatoms. The lowest BCUT2D eigenvalue weighted by Gasteiger charge is -2.31. The van der Waals surface area contributed by atoms with E-state index in [4.69, 9.17) is 0 Å². The van der Waals surface area contributed by atoms with Crippen LogP contribution >= 0.6 is 0 Å². The molecule has 0 amide bonds. The van der Waals surface area contributed by atoms with Crippen LogP contribution in [0.1, 0.15) is 0 Å². The summed E-state index contributed by atoms with van der Waals surface area (Å²) in [6.45, 7) is 0. The van der Waals surface area contributed by atoms with Crippen LogP contribution in [0.15, 0.2) is 243 Å². The zero-order valence-electron chi connectivity index (χ0n) is 34.5. The summed E-state index contributed by atoms with van der Waals surface area (Å²) >= 11 is 0. The molecule has 0 unspecified atom stereocenters. The summed E-state index contributed by atoms with van der Waals surface area (Å²) in [5.74, 6) is 0. The second-order valence-corrected chi connectivity index (χ2v) is 20.6. The fourth-order valence-electron chi connectivity index (χ4n) is 10.9. The monoisotopic (exact) mass is 816 g/mol. The molecule has 63 heavy (non-hydrogen) atoms. The zero-order chi connectivity index (χ0) is 41.5. The van der Waals surface area contributed by atoms with Gasteiger partial charge in [0.15, 0.2) is 8.07 Å². The Balaban J connectivity index is 1.02. The second kappa shape index (κ2) is 14.0.